The molecule has 2 fully saturated rings. The van der Waals surface area contributed by atoms with Crippen LogP contribution >= 0.6 is 0 Å². The van der Waals surface area contributed by atoms with Gasteiger partial charge in [0.25, 0.3) is 0 Å². The first-order valence-electron chi connectivity index (χ1n) is 9.60. The van der Waals surface area contributed by atoms with Crippen molar-refractivity contribution in [2.24, 2.45) is 5.41 Å². The number of hydrogen-bond donors (Lipinski definition) is 1. The van der Waals surface area contributed by atoms with Crippen LogP contribution in [0, 0.1) is 5.41 Å². The second kappa shape index (κ2) is 8.16. The maximum Gasteiger partial charge on any atom is 0.222 e. The molecule has 0 aromatic carbocycles. The summed E-state index contributed by atoms with van der Waals surface area (Å²) in [6.07, 6.45) is 7.64. The highest BCUT2D eigenvalue weighted by Crippen LogP contribution is 2.40. The first-order valence-corrected chi connectivity index (χ1v) is 9.60. The molecule has 0 saturated carbocycles. The molecule has 6 heteroatoms. The van der Waals surface area contributed by atoms with Crippen LogP contribution in [0.25, 0.3) is 0 Å². The number of rotatable bonds is 5. The van der Waals surface area contributed by atoms with E-state index in [9.17, 15) is 14.7 Å². The first kappa shape index (κ1) is 18.8. The van der Waals surface area contributed by atoms with Gasteiger partial charge >= 0.3 is 0 Å². The lowest BCUT2D eigenvalue weighted by Gasteiger charge is -2.47. The fourth-order valence-corrected chi connectivity index (χ4v) is 4.18. The molecule has 3 rings (SSSR count). The van der Waals surface area contributed by atoms with Crippen LogP contribution in [0.2, 0.25) is 0 Å². The van der Waals surface area contributed by atoms with Gasteiger partial charge in [-0.2, -0.15) is 0 Å². The smallest absolute Gasteiger partial charge is 0.222 e. The molecule has 6 nitrogen and oxygen atoms in total. The molecule has 2 saturated heterocycles. The van der Waals surface area contributed by atoms with Gasteiger partial charge in [0.2, 0.25) is 11.8 Å². The van der Waals surface area contributed by atoms with Crippen LogP contribution in [0.1, 0.15) is 44.6 Å². The number of amides is 2. The Morgan fingerprint density at radius 1 is 1.35 bits per heavy atom. The summed E-state index contributed by atoms with van der Waals surface area (Å²) >= 11 is 0. The van der Waals surface area contributed by atoms with Crippen molar-refractivity contribution in [3.63, 3.8) is 0 Å². The van der Waals surface area contributed by atoms with E-state index in [0.717, 1.165) is 44.3 Å². The van der Waals surface area contributed by atoms with E-state index in [1.807, 2.05) is 28.1 Å². The quantitative estimate of drug-likeness (QED) is 0.867. The van der Waals surface area contributed by atoms with Crippen LogP contribution in [0.3, 0.4) is 0 Å². The van der Waals surface area contributed by atoms with Crippen LogP contribution in [0.15, 0.2) is 24.5 Å². The summed E-state index contributed by atoms with van der Waals surface area (Å²) in [6, 6.07) is 3.90. The fourth-order valence-electron chi connectivity index (χ4n) is 4.18. The second-order valence-electron chi connectivity index (χ2n) is 7.87. The summed E-state index contributed by atoms with van der Waals surface area (Å²) in [5.41, 5.74) is 1.21. The van der Waals surface area contributed by atoms with Crippen LogP contribution in [-0.2, 0) is 16.0 Å². The standard InChI is InChI=1S/C20H29N3O3/c1-16(24)14-23-15-20(7-6-19(23)26)8-11-22(12-9-20)18(25)5-4-17-3-2-10-21-13-17/h2-3,10,13,16,24H,4-9,11-12,14-15H2,1H3/t16-/m0/s1. The fraction of sp³-hybridized carbons (Fsp3) is 0.650. The molecular weight excluding hydrogens is 330 g/mol. The van der Waals surface area contributed by atoms with Crippen LogP contribution in [0.5, 0.6) is 0 Å². The normalized spacial score (nSPS) is 21.1. The first-order chi connectivity index (χ1) is 12.5. The molecule has 0 radical (unpaired) electrons. The third kappa shape index (κ3) is 4.61. The largest absolute Gasteiger partial charge is 0.392 e. The van der Waals surface area contributed by atoms with Gasteiger partial charge in [-0.05, 0) is 49.7 Å². The van der Waals surface area contributed by atoms with Crippen LogP contribution < -0.4 is 0 Å². The van der Waals surface area contributed by atoms with Crippen molar-refractivity contribution in [3.8, 4) is 0 Å². The Morgan fingerprint density at radius 3 is 2.77 bits per heavy atom. The third-order valence-electron chi connectivity index (χ3n) is 5.76. The number of pyridine rings is 1. The van der Waals surface area contributed by atoms with Gasteiger partial charge in [-0.25, -0.2) is 0 Å². The van der Waals surface area contributed by atoms with E-state index in [-0.39, 0.29) is 17.2 Å². The van der Waals surface area contributed by atoms with Crippen molar-refractivity contribution in [2.45, 2.75) is 51.6 Å². The number of aromatic nitrogens is 1. The summed E-state index contributed by atoms with van der Waals surface area (Å²) in [7, 11) is 0. The van der Waals surface area contributed by atoms with E-state index in [1.165, 1.54) is 0 Å². The van der Waals surface area contributed by atoms with Gasteiger partial charge in [0.1, 0.15) is 0 Å². The average molecular weight is 359 g/mol. The van der Waals surface area contributed by atoms with E-state index in [1.54, 1.807) is 13.1 Å². The predicted molar refractivity (Wildman–Crippen MR) is 98.3 cm³/mol. The molecule has 0 unspecified atom stereocenters. The molecule has 26 heavy (non-hydrogen) atoms. The van der Waals surface area contributed by atoms with Crippen molar-refractivity contribution in [1.82, 2.24) is 14.8 Å². The van der Waals surface area contributed by atoms with Crippen molar-refractivity contribution in [3.05, 3.63) is 30.1 Å². The Morgan fingerprint density at radius 2 is 2.12 bits per heavy atom. The average Bonchev–Trinajstić information content (AvgIpc) is 2.64. The highest BCUT2D eigenvalue weighted by atomic mass is 16.3. The zero-order chi connectivity index (χ0) is 18.6. The monoisotopic (exact) mass is 359 g/mol. The van der Waals surface area contributed by atoms with E-state index >= 15 is 0 Å². The zero-order valence-corrected chi connectivity index (χ0v) is 15.6. The van der Waals surface area contributed by atoms with Gasteiger partial charge in [0.15, 0.2) is 0 Å². The van der Waals surface area contributed by atoms with Crippen molar-refractivity contribution >= 4 is 11.8 Å². The third-order valence-corrected chi connectivity index (χ3v) is 5.76. The molecule has 2 amide bonds. The predicted octanol–water partition coefficient (Wildman–Crippen LogP) is 1.63. The number of piperidine rings is 2. The number of aliphatic hydroxyl groups is 1. The molecule has 1 aromatic heterocycles. The maximum atomic E-state index is 12.5. The van der Waals surface area contributed by atoms with Gasteiger partial charge in [-0.1, -0.05) is 6.07 Å². The van der Waals surface area contributed by atoms with Crippen molar-refractivity contribution < 1.29 is 14.7 Å². The van der Waals surface area contributed by atoms with Gasteiger partial charge < -0.3 is 14.9 Å². The van der Waals surface area contributed by atoms with Gasteiger partial charge in [-0.15, -0.1) is 0 Å². The van der Waals surface area contributed by atoms with Crippen LogP contribution in [-0.4, -0.2) is 64.0 Å². The van der Waals surface area contributed by atoms with Gasteiger partial charge in [0.05, 0.1) is 6.10 Å². The molecular formula is C20H29N3O3. The second-order valence-corrected chi connectivity index (χ2v) is 7.87. The number of nitrogens with zero attached hydrogens (tertiary/aromatic N) is 3. The van der Waals surface area contributed by atoms with Crippen LogP contribution in [0.4, 0.5) is 0 Å². The number of carbonyl (C=O) groups excluding carboxylic acids is 2. The molecule has 142 valence electrons. The number of aliphatic hydroxyl groups excluding tert-OH is 1. The van der Waals surface area contributed by atoms with E-state index in [4.69, 9.17) is 0 Å². The Labute approximate surface area is 155 Å². The minimum atomic E-state index is -0.497. The molecule has 0 bridgehead atoms. The summed E-state index contributed by atoms with van der Waals surface area (Å²) in [5.74, 6) is 0.350. The lowest BCUT2D eigenvalue weighted by atomic mass is 9.72. The lowest BCUT2D eigenvalue weighted by molar-refractivity contribution is -0.143. The van der Waals surface area contributed by atoms with Crippen molar-refractivity contribution in [1.29, 1.82) is 0 Å². The lowest BCUT2D eigenvalue weighted by Crippen LogP contribution is -2.53. The number of carbonyl (C=O) groups is 2. The molecule has 1 N–H and O–H groups in total. The molecule has 1 atom stereocenters. The minimum Gasteiger partial charge on any atom is -0.392 e. The van der Waals surface area contributed by atoms with Gasteiger partial charge in [0, 0.05) is 51.4 Å². The molecule has 3 heterocycles. The Kier molecular flexibility index (Phi) is 5.91. The highest BCUT2D eigenvalue weighted by Gasteiger charge is 2.41. The zero-order valence-electron chi connectivity index (χ0n) is 15.6. The summed E-state index contributed by atoms with van der Waals surface area (Å²) in [6.45, 7) is 4.38. The number of β-amino-alcohol motifs (C(OH)–C–C–N with tert-alkyl or cyclic N) is 1. The Hall–Kier alpha value is -1.95. The number of aryl methyl sites for hydroxylation is 1. The molecule has 2 aliphatic heterocycles. The summed E-state index contributed by atoms with van der Waals surface area (Å²) in [4.78, 5) is 32.5. The van der Waals surface area contributed by atoms with E-state index in [2.05, 4.69) is 4.98 Å². The maximum absolute atomic E-state index is 12.5. The summed E-state index contributed by atoms with van der Waals surface area (Å²) < 4.78 is 0. The summed E-state index contributed by atoms with van der Waals surface area (Å²) in [5, 5.41) is 9.63. The Balaban J connectivity index is 1.50. The minimum absolute atomic E-state index is 0.114. The molecule has 1 aromatic rings. The number of likely N-dealkylation sites (tertiary alicyclic amines) is 2. The molecule has 2 aliphatic rings. The Bertz CT molecular complexity index is 624. The van der Waals surface area contributed by atoms with Gasteiger partial charge in [-0.3, -0.25) is 14.6 Å². The highest BCUT2D eigenvalue weighted by molar-refractivity contribution is 5.78. The van der Waals surface area contributed by atoms with E-state index < -0.39 is 6.10 Å². The molecule has 1 spiro atoms. The van der Waals surface area contributed by atoms with Crippen molar-refractivity contribution in [2.75, 3.05) is 26.2 Å². The number of hydrogen-bond acceptors (Lipinski definition) is 4. The molecule has 0 aliphatic carbocycles. The SMILES string of the molecule is C[C@H](O)CN1CC2(CCC1=O)CCN(C(=O)CCc1cccnc1)CC2. The topological polar surface area (TPSA) is 73.7 Å². The van der Waals surface area contributed by atoms with E-state index in [0.29, 0.717) is 25.9 Å².